The van der Waals surface area contributed by atoms with Crippen molar-refractivity contribution in [1.29, 1.82) is 0 Å². The number of nitrogens with zero attached hydrogens (tertiary/aromatic N) is 1. The molecule has 1 N–H and O–H groups in total. The lowest BCUT2D eigenvalue weighted by Crippen LogP contribution is -2.29. The fourth-order valence-corrected chi connectivity index (χ4v) is 2.79. The average Bonchev–Trinajstić information content (AvgIpc) is 2.72. The van der Waals surface area contributed by atoms with E-state index in [4.69, 9.17) is 4.74 Å². The standard InChI is InChI=1S/C21H17FN2O4/c1-28-19-11-7-14(8-12-19)20(16-3-2-4-18(13-16)24(26)27)23-21(25)15-5-9-17(22)10-6-15/h2-13,20H,1H3,(H,23,25). The van der Waals surface area contributed by atoms with Crippen molar-refractivity contribution in [2.45, 2.75) is 6.04 Å². The van der Waals surface area contributed by atoms with Gasteiger partial charge in [-0.25, -0.2) is 4.39 Å². The molecule has 0 spiro atoms. The van der Waals surface area contributed by atoms with E-state index in [0.29, 0.717) is 11.3 Å². The zero-order chi connectivity index (χ0) is 20.1. The molecule has 1 atom stereocenters. The fraction of sp³-hybridized carbons (Fsp3) is 0.0952. The van der Waals surface area contributed by atoms with Crippen LogP contribution >= 0.6 is 0 Å². The van der Waals surface area contributed by atoms with E-state index in [1.807, 2.05) is 0 Å². The van der Waals surface area contributed by atoms with Crippen LogP contribution in [0.4, 0.5) is 10.1 Å². The van der Waals surface area contributed by atoms with Crippen molar-refractivity contribution in [2.75, 3.05) is 7.11 Å². The van der Waals surface area contributed by atoms with Gasteiger partial charge in [-0.15, -0.1) is 0 Å². The third-order valence-corrected chi connectivity index (χ3v) is 4.25. The molecule has 6 nitrogen and oxygen atoms in total. The number of ether oxygens (including phenoxy) is 1. The molecule has 0 radical (unpaired) electrons. The first-order valence-corrected chi connectivity index (χ1v) is 8.42. The lowest BCUT2D eigenvalue weighted by molar-refractivity contribution is -0.384. The number of nitro groups is 1. The number of rotatable bonds is 6. The Balaban J connectivity index is 1.98. The quantitative estimate of drug-likeness (QED) is 0.512. The van der Waals surface area contributed by atoms with Gasteiger partial charge in [0.25, 0.3) is 11.6 Å². The van der Waals surface area contributed by atoms with Crippen LogP contribution < -0.4 is 10.1 Å². The SMILES string of the molecule is COc1ccc(C(NC(=O)c2ccc(F)cc2)c2cccc([N+](=O)[O-])c2)cc1. The summed E-state index contributed by atoms with van der Waals surface area (Å²) in [4.78, 5) is 23.3. The number of nitro benzene ring substituents is 1. The third-order valence-electron chi connectivity index (χ3n) is 4.25. The number of hydrogen-bond donors (Lipinski definition) is 1. The number of nitrogens with one attached hydrogen (secondary N) is 1. The fourth-order valence-electron chi connectivity index (χ4n) is 2.79. The molecule has 0 aliphatic heterocycles. The molecular weight excluding hydrogens is 363 g/mol. The summed E-state index contributed by atoms with van der Waals surface area (Å²) in [6.07, 6.45) is 0. The normalized spacial score (nSPS) is 11.5. The third kappa shape index (κ3) is 4.32. The highest BCUT2D eigenvalue weighted by molar-refractivity contribution is 5.94. The first-order valence-electron chi connectivity index (χ1n) is 8.42. The number of hydrogen-bond acceptors (Lipinski definition) is 4. The molecule has 0 aliphatic rings. The highest BCUT2D eigenvalue weighted by Gasteiger charge is 2.20. The minimum Gasteiger partial charge on any atom is -0.497 e. The van der Waals surface area contributed by atoms with Gasteiger partial charge in [0.2, 0.25) is 0 Å². The Morgan fingerprint density at radius 2 is 1.71 bits per heavy atom. The lowest BCUT2D eigenvalue weighted by Gasteiger charge is -2.20. The molecule has 28 heavy (non-hydrogen) atoms. The van der Waals surface area contributed by atoms with Crippen LogP contribution in [-0.4, -0.2) is 17.9 Å². The van der Waals surface area contributed by atoms with E-state index in [1.165, 1.54) is 36.4 Å². The van der Waals surface area contributed by atoms with E-state index in [0.717, 1.165) is 5.56 Å². The Kier molecular flexibility index (Phi) is 5.64. The van der Waals surface area contributed by atoms with Gasteiger partial charge in [-0.2, -0.15) is 0 Å². The van der Waals surface area contributed by atoms with Gasteiger partial charge >= 0.3 is 0 Å². The van der Waals surface area contributed by atoms with Crippen molar-refractivity contribution in [3.05, 3.63) is 105 Å². The minimum atomic E-state index is -0.636. The van der Waals surface area contributed by atoms with Gasteiger partial charge in [0.1, 0.15) is 11.6 Å². The van der Waals surface area contributed by atoms with Crippen molar-refractivity contribution < 1.29 is 18.8 Å². The van der Waals surface area contributed by atoms with E-state index in [1.54, 1.807) is 43.5 Å². The van der Waals surface area contributed by atoms with E-state index in [2.05, 4.69) is 5.32 Å². The number of methoxy groups -OCH3 is 1. The molecule has 0 aliphatic carbocycles. The largest absolute Gasteiger partial charge is 0.497 e. The van der Waals surface area contributed by atoms with Crippen molar-refractivity contribution >= 4 is 11.6 Å². The van der Waals surface area contributed by atoms with Crippen LogP contribution in [0.3, 0.4) is 0 Å². The summed E-state index contributed by atoms with van der Waals surface area (Å²) in [6, 6.07) is 17.6. The second-order valence-corrected chi connectivity index (χ2v) is 6.04. The van der Waals surface area contributed by atoms with Crippen molar-refractivity contribution in [1.82, 2.24) is 5.32 Å². The number of amides is 1. The lowest BCUT2D eigenvalue weighted by atomic mass is 9.97. The smallest absolute Gasteiger partial charge is 0.269 e. The van der Waals surface area contributed by atoms with Gasteiger partial charge in [-0.1, -0.05) is 24.3 Å². The number of carbonyl (C=O) groups excluding carboxylic acids is 1. The molecule has 7 heteroatoms. The molecule has 1 amide bonds. The van der Waals surface area contributed by atoms with Gasteiger partial charge in [-0.3, -0.25) is 14.9 Å². The molecule has 1 unspecified atom stereocenters. The van der Waals surface area contributed by atoms with Gasteiger partial charge < -0.3 is 10.1 Å². The summed E-state index contributed by atoms with van der Waals surface area (Å²) in [7, 11) is 1.54. The Bertz CT molecular complexity index is 988. The second kappa shape index (κ2) is 8.30. The molecule has 0 heterocycles. The summed E-state index contributed by atoms with van der Waals surface area (Å²) in [5.74, 6) is -0.222. The molecular formula is C21H17FN2O4. The predicted molar refractivity (Wildman–Crippen MR) is 102 cm³/mol. The van der Waals surface area contributed by atoms with Crippen molar-refractivity contribution in [2.24, 2.45) is 0 Å². The number of halogens is 1. The van der Waals surface area contributed by atoms with E-state index in [-0.39, 0.29) is 11.3 Å². The van der Waals surface area contributed by atoms with Crippen LogP contribution in [0.5, 0.6) is 5.75 Å². The van der Waals surface area contributed by atoms with Crippen LogP contribution in [0, 0.1) is 15.9 Å². The van der Waals surface area contributed by atoms with E-state index >= 15 is 0 Å². The topological polar surface area (TPSA) is 81.5 Å². The molecule has 0 saturated carbocycles. The molecule has 3 aromatic rings. The maximum atomic E-state index is 13.1. The van der Waals surface area contributed by atoms with Crippen LogP contribution in [0.1, 0.15) is 27.5 Å². The summed E-state index contributed by atoms with van der Waals surface area (Å²) in [6.45, 7) is 0. The maximum absolute atomic E-state index is 13.1. The average molecular weight is 380 g/mol. The van der Waals surface area contributed by atoms with Gasteiger partial charge in [0.15, 0.2) is 0 Å². The number of carbonyl (C=O) groups is 1. The summed E-state index contributed by atoms with van der Waals surface area (Å²) in [5.41, 5.74) is 1.48. The van der Waals surface area contributed by atoms with Crippen LogP contribution in [-0.2, 0) is 0 Å². The Hall–Kier alpha value is -3.74. The zero-order valence-electron chi connectivity index (χ0n) is 15.0. The minimum absolute atomic E-state index is 0.0768. The second-order valence-electron chi connectivity index (χ2n) is 6.04. The molecule has 142 valence electrons. The molecule has 3 aromatic carbocycles. The molecule has 0 fully saturated rings. The summed E-state index contributed by atoms with van der Waals surface area (Å²) in [5, 5.41) is 14.0. The molecule has 0 aromatic heterocycles. The number of benzene rings is 3. The molecule has 0 bridgehead atoms. The highest BCUT2D eigenvalue weighted by atomic mass is 19.1. The monoisotopic (exact) mass is 380 g/mol. The summed E-state index contributed by atoms with van der Waals surface area (Å²) >= 11 is 0. The Morgan fingerprint density at radius 3 is 2.32 bits per heavy atom. The van der Waals surface area contributed by atoms with Gasteiger partial charge in [-0.05, 0) is 47.5 Å². The Labute approximate surface area is 160 Å². The predicted octanol–water partition coefficient (Wildman–Crippen LogP) is 4.26. The van der Waals surface area contributed by atoms with Gasteiger partial charge in [0, 0.05) is 17.7 Å². The van der Waals surface area contributed by atoms with E-state index in [9.17, 15) is 19.3 Å². The van der Waals surface area contributed by atoms with Crippen LogP contribution in [0.25, 0.3) is 0 Å². The summed E-state index contributed by atoms with van der Waals surface area (Å²) < 4.78 is 18.3. The van der Waals surface area contributed by atoms with Crippen molar-refractivity contribution in [3.8, 4) is 5.75 Å². The number of non-ortho nitro benzene ring substituents is 1. The Morgan fingerprint density at radius 1 is 1.04 bits per heavy atom. The first kappa shape index (κ1) is 19.0. The zero-order valence-corrected chi connectivity index (χ0v) is 15.0. The highest BCUT2D eigenvalue weighted by Crippen LogP contribution is 2.27. The van der Waals surface area contributed by atoms with E-state index < -0.39 is 22.7 Å². The molecule has 3 rings (SSSR count). The van der Waals surface area contributed by atoms with Crippen LogP contribution in [0.15, 0.2) is 72.8 Å². The molecule has 0 saturated heterocycles. The van der Waals surface area contributed by atoms with Gasteiger partial charge in [0.05, 0.1) is 18.1 Å². The maximum Gasteiger partial charge on any atom is 0.269 e. The van der Waals surface area contributed by atoms with Crippen molar-refractivity contribution in [3.63, 3.8) is 0 Å². The first-order chi connectivity index (χ1) is 13.5. The van der Waals surface area contributed by atoms with Crippen LogP contribution in [0.2, 0.25) is 0 Å².